The van der Waals surface area contributed by atoms with Gasteiger partial charge in [0.25, 0.3) is 0 Å². The van der Waals surface area contributed by atoms with Gasteiger partial charge in [-0.25, -0.2) is 4.89 Å². The summed E-state index contributed by atoms with van der Waals surface area (Å²) in [5.41, 5.74) is 0.511. The number of aliphatic hydroxyl groups excluding tert-OH is 1. The Balaban J connectivity index is 2.04. The van der Waals surface area contributed by atoms with Crippen molar-refractivity contribution in [1.82, 2.24) is 0 Å². The van der Waals surface area contributed by atoms with Crippen LogP contribution in [0, 0.1) is 5.92 Å². The monoisotopic (exact) mass is 358 g/mol. The summed E-state index contributed by atoms with van der Waals surface area (Å²) in [4.78, 5) is 23.5. The Morgan fingerprint density at radius 2 is 1.62 bits per heavy atom. The number of rotatable bonds is 5. The third-order valence-corrected chi connectivity index (χ3v) is 4.59. The van der Waals surface area contributed by atoms with Crippen molar-refractivity contribution in [2.24, 2.45) is 5.92 Å². The number of esters is 1. The largest absolute Gasteiger partial charge is 0.463 e. The summed E-state index contributed by atoms with van der Waals surface area (Å²) < 4.78 is 5.05. The SMILES string of the molecule is CC1(O)OOC(c2ccccc2)(c2ccccc2)CC1C(=O)OCCO. The summed E-state index contributed by atoms with van der Waals surface area (Å²) >= 11 is 0. The van der Waals surface area contributed by atoms with Crippen molar-refractivity contribution in [2.75, 3.05) is 13.2 Å². The average molecular weight is 358 g/mol. The minimum absolute atomic E-state index is 0.123. The van der Waals surface area contributed by atoms with E-state index in [9.17, 15) is 9.90 Å². The van der Waals surface area contributed by atoms with Gasteiger partial charge in [0.2, 0.25) is 5.79 Å². The van der Waals surface area contributed by atoms with Gasteiger partial charge in [-0.3, -0.25) is 4.79 Å². The van der Waals surface area contributed by atoms with Crippen molar-refractivity contribution >= 4 is 5.97 Å². The lowest BCUT2D eigenvalue weighted by atomic mass is 9.76. The first-order valence-electron chi connectivity index (χ1n) is 8.47. The molecule has 1 heterocycles. The number of hydrogen-bond acceptors (Lipinski definition) is 6. The van der Waals surface area contributed by atoms with Gasteiger partial charge in [-0.05, 0) is 18.1 Å². The summed E-state index contributed by atoms with van der Waals surface area (Å²) in [7, 11) is 0. The minimum atomic E-state index is -1.85. The molecule has 1 aliphatic rings. The van der Waals surface area contributed by atoms with Gasteiger partial charge in [-0.2, -0.15) is 4.89 Å². The van der Waals surface area contributed by atoms with Gasteiger partial charge >= 0.3 is 5.97 Å². The predicted molar refractivity (Wildman–Crippen MR) is 92.6 cm³/mol. The second-order valence-electron chi connectivity index (χ2n) is 6.43. The van der Waals surface area contributed by atoms with Crippen LogP contribution in [0.1, 0.15) is 24.5 Å². The number of carbonyl (C=O) groups excluding carboxylic acids is 1. The summed E-state index contributed by atoms with van der Waals surface area (Å²) in [6, 6.07) is 18.8. The number of hydrogen-bond donors (Lipinski definition) is 2. The lowest BCUT2D eigenvalue weighted by Crippen LogP contribution is -2.53. The molecular formula is C20H22O6. The van der Waals surface area contributed by atoms with E-state index in [-0.39, 0.29) is 19.6 Å². The topological polar surface area (TPSA) is 85.2 Å². The van der Waals surface area contributed by atoms with Gasteiger partial charge < -0.3 is 14.9 Å². The van der Waals surface area contributed by atoms with Gasteiger partial charge in [-0.1, -0.05) is 60.7 Å². The molecule has 2 atom stereocenters. The Kier molecular flexibility index (Phi) is 5.38. The Hall–Kier alpha value is -2.25. The molecule has 2 unspecified atom stereocenters. The van der Waals surface area contributed by atoms with Gasteiger partial charge in [-0.15, -0.1) is 0 Å². The van der Waals surface area contributed by atoms with Crippen molar-refractivity contribution in [3.63, 3.8) is 0 Å². The quantitative estimate of drug-likeness (QED) is 0.629. The Labute approximate surface area is 151 Å². The third kappa shape index (κ3) is 3.50. The normalized spacial score (nSPS) is 24.8. The molecule has 138 valence electrons. The van der Waals surface area contributed by atoms with Crippen LogP contribution in [0.15, 0.2) is 60.7 Å². The maximum atomic E-state index is 12.5. The van der Waals surface area contributed by atoms with E-state index in [0.29, 0.717) is 0 Å². The zero-order valence-electron chi connectivity index (χ0n) is 14.5. The highest BCUT2D eigenvalue weighted by Gasteiger charge is 2.54. The Bertz CT molecular complexity index is 689. The minimum Gasteiger partial charge on any atom is -0.463 e. The smallest absolute Gasteiger partial charge is 0.314 e. The molecule has 6 nitrogen and oxygen atoms in total. The van der Waals surface area contributed by atoms with Crippen molar-refractivity contribution in [3.05, 3.63) is 71.8 Å². The first-order valence-corrected chi connectivity index (χ1v) is 8.47. The number of aliphatic hydroxyl groups is 2. The first-order chi connectivity index (χ1) is 12.5. The summed E-state index contributed by atoms with van der Waals surface area (Å²) in [5.74, 6) is -3.49. The second kappa shape index (κ2) is 7.55. The van der Waals surface area contributed by atoms with Crippen LogP contribution in [0.4, 0.5) is 0 Å². The molecule has 2 aromatic rings. The maximum Gasteiger partial charge on any atom is 0.314 e. The van der Waals surface area contributed by atoms with E-state index < -0.39 is 23.3 Å². The summed E-state index contributed by atoms with van der Waals surface area (Å²) in [5, 5.41) is 19.4. The highest BCUT2D eigenvalue weighted by Crippen LogP contribution is 2.47. The molecule has 26 heavy (non-hydrogen) atoms. The summed E-state index contributed by atoms with van der Waals surface area (Å²) in [6.45, 7) is 0.925. The molecule has 2 N–H and O–H groups in total. The zero-order chi connectivity index (χ0) is 18.6. The molecule has 0 amide bonds. The first kappa shape index (κ1) is 18.5. The number of carbonyl (C=O) groups is 1. The highest BCUT2D eigenvalue weighted by molar-refractivity contribution is 5.74. The fourth-order valence-corrected chi connectivity index (χ4v) is 3.19. The van der Waals surface area contributed by atoms with Crippen molar-refractivity contribution < 1.29 is 29.5 Å². The van der Waals surface area contributed by atoms with E-state index in [4.69, 9.17) is 19.6 Å². The molecule has 0 bridgehead atoms. The number of ether oxygens (including phenoxy) is 1. The molecule has 0 spiro atoms. The molecule has 1 saturated heterocycles. The Morgan fingerprint density at radius 3 is 2.12 bits per heavy atom. The molecule has 0 aliphatic carbocycles. The van der Waals surface area contributed by atoms with E-state index in [0.717, 1.165) is 11.1 Å². The van der Waals surface area contributed by atoms with Crippen LogP contribution in [-0.4, -0.2) is 35.2 Å². The predicted octanol–water partition coefficient (Wildman–Crippen LogP) is 2.14. The third-order valence-electron chi connectivity index (χ3n) is 4.59. The van der Waals surface area contributed by atoms with Gasteiger partial charge in [0, 0.05) is 6.42 Å². The second-order valence-corrected chi connectivity index (χ2v) is 6.43. The number of benzene rings is 2. The lowest BCUT2D eigenvalue weighted by molar-refractivity contribution is -0.489. The van der Waals surface area contributed by atoms with Crippen molar-refractivity contribution in [3.8, 4) is 0 Å². The van der Waals surface area contributed by atoms with Crippen LogP contribution in [0.3, 0.4) is 0 Å². The lowest BCUT2D eigenvalue weighted by Gasteiger charge is -2.45. The van der Waals surface area contributed by atoms with Crippen molar-refractivity contribution in [1.29, 1.82) is 0 Å². The molecule has 0 saturated carbocycles. The van der Waals surface area contributed by atoms with Gasteiger partial charge in [0.05, 0.1) is 6.61 Å². The Morgan fingerprint density at radius 1 is 1.08 bits per heavy atom. The van der Waals surface area contributed by atoms with Gasteiger partial charge in [0.1, 0.15) is 12.5 Å². The van der Waals surface area contributed by atoms with Crippen LogP contribution < -0.4 is 0 Å². The fourth-order valence-electron chi connectivity index (χ4n) is 3.19. The fraction of sp³-hybridized carbons (Fsp3) is 0.350. The van der Waals surface area contributed by atoms with Crippen LogP contribution in [0.25, 0.3) is 0 Å². The maximum absolute atomic E-state index is 12.5. The molecule has 0 aromatic heterocycles. The van der Waals surface area contributed by atoms with E-state index in [1.807, 2.05) is 60.7 Å². The summed E-state index contributed by atoms with van der Waals surface area (Å²) in [6.07, 6.45) is 0.123. The van der Waals surface area contributed by atoms with Crippen LogP contribution >= 0.6 is 0 Å². The molecule has 6 heteroatoms. The molecule has 1 aliphatic heterocycles. The van der Waals surface area contributed by atoms with E-state index >= 15 is 0 Å². The van der Waals surface area contributed by atoms with Crippen molar-refractivity contribution in [2.45, 2.75) is 24.7 Å². The molecule has 2 aromatic carbocycles. The van der Waals surface area contributed by atoms with E-state index in [1.165, 1.54) is 6.92 Å². The molecule has 3 rings (SSSR count). The van der Waals surface area contributed by atoms with Gasteiger partial charge in [0.15, 0.2) is 5.60 Å². The van der Waals surface area contributed by atoms with E-state index in [1.54, 1.807) is 0 Å². The van der Waals surface area contributed by atoms with Crippen LogP contribution in [0.2, 0.25) is 0 Å². The standard InChI is InChI=1S/C20H22O6/c1-19(23)17(18(22)24-13-12-21)14-20(26-25-19,15-8-4-2-5-9-15)16-10-6-3-7-11-16/h2-11,17,21,23H,12-14H2,1H3. The zero-order valence-corrected chi connectivity index (χ0v) is 14.5. The highest BCUT2D eigenvalue weighted by atomic mass is 17.2. The molecule has 1 fully saturated rings. The van der Waals surface area contributed by atoms with Crippen LogP contribution in [-0.2, 0) is 24.9 Å². The molecule has 0 radical (unpaired) electrons. The van der Waals surface area contributed by atoms with Crippen LogP contribution in [0.5, 0.6) is 0 Å². The molecular weight excluding hydrogens is 336 g/mol. The average Bonchev–Trinajstić information content (AvgIpc) is 2.67. The van der Waals surface area contributed by atoms with E-state index in [2.05, 4.69) is 0 Å².